The minimum Gasteiger partial charge on any atom is -0.310 e. The summed E-state index contributed by atoms with van der Waals surface area (Å²) in [5, 5.41) is 0. The minimum absolute atomic E-state index is 0.0575. The summed E-state index contributed by atoms with van der Waals surface area (Å²) < 4.78 is 0. The molecule has 2 aromatic rings. The highest BCUT2D eigenvalue weighted by molar-refractivity contribution is 5.37. The van der Waals surface area contributed by atoms with Crippen LogP contribution >= 0.6 is 0 Å². The van der Waals surface area contributed by atoms with Gasteiger partial charge in [0.25, 0.3) is 5.56 Å². The van der Waals surface area contributed by atoms with Crippen molar-refractivity contribution in [1.82, 2.24) is 9.97 Å². The van der Waals surface area contributed by atoms with E-state index in [-0.39, 0.29) is 11.0 Å². The molecule has 102 valence electrons. The lowest BCUT2D eigenvalue weighted by Gasteiger charge is -2.41. The number of nitrogens with zero attached hydrogens (tertiary/aromatic N) is 1. The maximum atomic E-state index is 12.3. The minimum atomic E-state index is -0.0575. The van der Waals surface area contributed by atoms with Gasteiger partial charge < -0.3 is 4.98 Å². The average molecular weight is 266 g/mol. The second-order valence-corrected chi connectivity index (χ2v) is 6.00. The van der Waals surface area contributed by atoms with E-state index in [1.807, 2.05) is 6.07 Å². The van der Waals surface area contributed by atoms with E-state index >= 15 is 0 Å². The summed E-state index contributed by atoms with van der Waals surface area (Å²) in [5.41, 5.74) is 3.26. The molecule has 0 bridgehead atoms. The molecule has 1 fully saturated rings. The molecule has 1 aromatic carbocycles. The number of benzene rings is 1. The van der Waals surface area contributed by atoms with Crippen LogP contribution in [-0.2, 0) is 18.3 Å². The third-order valence-electron chi connectivity index (χ3n) is 4.93. The molecule has 0 unspecified atom stereocenters. The van der Waals surface area contributed by atoms with Gasteiger partial charge in [-0.05, 0) is 37.7 Å². The van der Waals surface area contributed by atoms with E-state index in [4.69, 9.17) is 4.98 Å². The Hall–Kier alpha value is -1.90. The highest BCUT2D eigenvalue weighted by atomic mass is 16.1. The molecule has 3 heteroatoms. The quantitative estimate of drug-likeness (QED) is 0.908. The molecule has 1 N–H and O–H groups in total. The fraction of sp³-hybridized carbons (Fsp3) is 0.412. The molecule has 0 saturated heterocycles. The molecule has 1 saturated carbocycles. The zero-order valence-corrected chi connectivity index (χ0v) is 11.5. The van der Waals surface area contributed by atoms with Crippen molar-refractivity contribution in [2.24, 2.45) is 0 Å². The SMILES string of the molecule is O=c1[nH]c(C2(c3ccccc3)CCC2)nc2c1CCC2. The van der Waals surface area contributed by atoms with E-state index in [1.54, 1.807) is 0 Å². The van der Waals surface area contributed by atoms with Gasteiger partial charge in [0.15, 0.2) is 0 Å². The van der Waals surface area contributed by atoms with E-state index in [2.05, 4.69) is 29.2 Å². The number of rotatable bonds is 2. The molecule has 0 aliphatic heterocycles. The van der Waals surface area contributed by atoms with Crippen LogP contribution in [0.4, 0.5) is 0 Å². The number of aromatic nitrogens is 2. The predicted octanol–water partition coefficient (Wildman–Crippen LogP) is 2.73. The van der Waals surface area contributed by atoms with Crippen molar-refractivity contribution in [3.63, 3.8) is 0 Å². The predicted molar refractivity (Wildman–Crippen MR) is 78.0 cm³/mol. The Labute approximate surface area is 118 Å². The van der Waals surface area contributed by atoms with Crippen LogP contribution in [0.5, 0.6) is 0 Å². The van der Waals surface area contributed by atoms with Crippen molar-refractivity contribution in [3.05, 3.63) is 63.3 Å². The zero-order valence-electron chi connectivity index (χ0n) is 11.5. The first-order valence-corrected chi connectivity index (χ1v) is 7.48. The zero-order chi connectivity index (χ0) is 13.6. The Morgan fingerprint density at radius 1 is 1.05 bits per heavy atom. The van der Waals surface area contributed by atoms with Gasteiger partial charge in [-0.1, -0.05) is 36.8 Å². The molecule has 20 heavy (non-hydrogen) atoms. The van der Waals surface area contributed by atoms with Crippen molar-refractivity contribution < 1.29 is 0 Å². The van der Waals surface area contributed by atoms with Crippen molar-refractivity contribution >= 4 is 0 Å². The number of hydrogen-bond donors (Lipinski definition) is 1. The van der Waals surface area contributed by atoms with E-state index < -0.39 is 0 Å². The highest BCUT2D eigenvalue weighted by Gasteiger charge is 2.43. The second kappa shape index (κ2) is 4.30. The molecule has 2 aliphatic carbocycles. The van der Waals surface area contributed by atoms with Crippen LogP contribution < -0.4 is 5.56 Å². The number of nitrogens with one attached hydrogen (secondary N) is 1. The molecule has 4 rings (SSSR count). The van der Waals surface area contributed by atoms with Crippen LogP contribution in [0.2, 0.25) is 0 Å². The molecule has 3 nitrogen and oxygen atoms in total. The molecule has 0 spiro atoms. The molecule has 0 radical (unpaired) electrons. The van der Waals surface area contributed by atoms with Gasteiger partial charge in [0.05, 0.1) is 11.1 Å². The lowest BCUT2D eigenvalue weighted by Crippen LogP contribution is -2.39. The number of aryl methyl sites for hydroxylation is 1. The Morgan fingerprint density at radius 2 is 1.85 bits per heavy atom. The number of hydrogen-bond acceptors (Lipinski definition) is 2. The molecule has 2 aliphatic rings. The van der Waals surface area contributed by atoms with Crippen LogP contribution in [0.25, 0.3) is 0 Å². The number of fused-ring (bicyclic) bond motifs is 1. The first-order chi connectivity index (χ1) is 9.79. The molecular weight excluding hydrogens is 248 g/mol. The van der Waals surface area contributed by atoms with E-state index in [1.165, 1.54) is 12.0 Å². The van der Waals surface area contributed by atoms with E-state index in [0.29, 0.717) is 0 Å². The van der Waals surface area contributed by atoms with Gasteiger partial charge in [0.2, 0.25) is 0 Å². The largest absolute Gasteiger partial charge is 0.310 e. The number of aromatic amines is 1. The second-order valence-electron chi connectivity index (χ2n) is 6.00. The Balaban J connectivity index is 1.87. The topological polar surface area (TPSA) is 45.8 Å². The van der Waals surface area contributed by atoms with Gasteiger partial charge in [0.1, 0.15) is 5.82 Å². The van der Waals surface area contributed by atoms with Crippen LogP contribution in [0, 0.1) is 0 Å². The van der Waals surface area contributed by atoms with Crippen LogP contribution in [0.3, 0.4) is 0 Å². The lowest BCUT2D eigenvalue weighted by atomic mass is 9.64. The van der Waals surface area contributed by atoms with Crippen molar-refractivity contribution in [3.8, 4) is 0 Å². The summed E-state index contributed by atoms with van der Waals surface area (Å²) >= 11 is 0. The van der Waals surface area contributed by atoms with Crippen molar-refractivity contribution in [2.45, 2.75) is 43.9 Å². The Kier molecular flexibility index (Phi) is 2.56. The first kappa shape index (κ1) is 11.9. The van der Waals surface area contributed by atoms with Crippen LogP contribution in [0.1, 0.15) is 48.3 Å². The van der Waals surface area contributed by atoms with E-state index in [0.717, 1.165) is 49.2 Å². The van der Waals surface area contributed by atoms with Gasteiger partial charge in [-0.3, -0.25) is 4.79 Å². The van der Waals surface area contributed by atoms with Gasteiger partial charge in [-0.25, -0.2) is 4.98 Å². The van der Waals surface area contributed by atoms with Crippen molar-refractivity contribution in [1.29, 1.82) is 0 Å². The summed E-state index contributed by atoms with van der Waals surface area (Å²) in [6, 6.07) is 10.5. The summed E-state index contributed by atoms with van der Waals surface area (Å²) in [4.78, 5) is 20.2. The van der Waals surface area contributed by atoms with Crippen molar-refractivity contribution in [2.75, 3.05) is 0 Å². The fourth-order valence-corrected chi connectivity index (χ4v) is 3.62. The van der Waals surface area contributed by atoms with Gasteiger partial charge in [-0.2, -0.15) is 0 Å². The monoisotopic (exact) mass is 266 g/mol. The average Bonchev–Trinajstić information content (AvgIpc) is 2.88. The lowest BCUT2D eigenvalue weighted by molar-refractivity contribution is 0.284. The van der Waals surface area contributed by atoms with E-state index in [9.17, 15) is 4.79 Å². The summed E-state index contributed by atoms with van der Waals surface area (Å²) in [6.45, 7) is 0. The maximum absolute atomic E-state index is 12.3. The third-order valence-corrected chi connectivity index (χ3v) is 4.93. The Bertz CT molecular complexity index is 699. The summed E-state index contributed by atoms with van der Waals surface area (Å²) in [6.07, 6.45) is 6.27. The summed E-state index contributed by atoms with van der Waals surface area (Å²) in [7, 11) is 0. The molecule has 0 amide bonds. The third kappa shape index (κ3) is 1.59. The van der Waals surface area contributed by atoms with Gasteiger partial charge in [-0.15, -0.1) is 0 Å². The normalized spacial score (nSPS) is 19.4. The molecule has 0 atom stereocenters. The van der Waals surface area contributed by atoms with Crippen LogP contribution in [-0.4, -0.2) is 9.97 Å². The maximum Gasteiger partial charge on any atom is 0.254 e. The molecular formula is C17H18N2O. The molecule has 1 heterocycles. The smallest absolute Gasteiger partial charge is 0.254 e. The highest BCUT2D eigenvalue weighted by Crippen LogP contribution is 2.47. The fourth-order valence-electron chi connectivity index (χ4n) is 3.62. The summed E-state index contributed by atoms with van der Waals surface area (Å²) in [5.74, 6) is 0.889. The first-order valence-electron chi connectivity index (χ1n) is 7.48. The van der Waals surface area contributed by atoms with Gasteiger partial charge in [0, 0.05) is 5.56 Å². The van der Waals surface area contributed by atoms with Gasteiger partial charge >= 0.3 is 0 Å². The number of H-pyrrole nitrogens is 1. The molecule has 1 aromatic heterocycles. The van der Waals surface area contributed by atoms with Crippen LogP contribution in [0.15, 0.2) is 35.1 Å². The standard InChI is InChI=1S/C17H18N2O/c20-15-13-8-4-9-14(13)18-16(19-15)17(10-5-11-17)12-6-2-1-3-7-12/h1-3,6-7H,4-5,8-11H2,(H,18,19,20). The Morgan fingerprint density at radius 3 is 2.55 bits per heavy atom.